The highest BCUT2D eigenvalue weighted by Gasteiger charge is 2.19. The Labute approximate surface area is 176 Å². The van der Waals surface area contributed by atoms with Crippen LogP contribution in [0.2, 0.25) is 0 Å². The molecule has 2 aromatic rings. The van der Waals surface area contributed by atoms with Crippen LogP contribution in [0.1, 0.15) is 37.0 Å². The van der Waals surface area contributed by atoms with Crippen molar-refractivity contribution >= 4 is 34.8 Å². The van der Waals surface area contributed by atoms with Crippen LogP contribution in [0.5, 0.6) is 0 Å². The second-order valence-electron chi connectivity index (χ2n) is 7.70. The average Bonchev–Trinajstić information content (AvgIpc) is 3.28. The molecule has 0 unspecified atom stereocenters. The van der Waals surface area contributed by atoms with Crippen molar-refractivity contribution in [3.8, 4) is 0 Å². The van der Waals surface area contributed by atoms with Gasteiger partial charge in [-0.2, -0.15) is 0 Å². The van der Waals surface area contributed by atoms with Gasteiger partial charge in [-0.15, -0.1) is 0 Å². The minimum atomic E-state index is -0.189. The molecule has 1 heterocycles. The van der Waals surface area contributed by atoms with Crippen LogP contribution < -0.4 is 16.0 Å². The summed E-state index contributed by atoms with van der Waals surface area (Å²) in [5.41, 5.74) is 2.77. The smallest absolute Gasteiger partial charge is 0.253 e. The van der Waals surface area contributed by atoms with Crippen molar-refractivity contribution in [1.82, 2.24) is 4.90 Å². The van der Waals surface area contributed by atoms with E-state index in [1.54, 1.807) is 36.4 Å². The fraction of sp³-hybridized carbons (Fsp3) is 0.348. The molecular weight excluding hydrogens is 380 g/mol. The maximum atomic E-state index is 12.4. The van der Waals surface area contributed by atoms with E-state index < -0.39 is 0 Å². The Morgan fingerprint density at radius 3 is 1.97 bits per heavy atom. The number of rotatable bonds is 7. The first-order valence-electron chi connectivity index (χ1n) is 10.3. The molecule has 0 bridgehead atoms. The van der Waals surface area contributed by atoms with Gasteiger partial charge in [-0.1, -0.05) is 13.8 Å². The Morgan fingerprint density at radius 1 is 0.833 bits per heavy atom. The van der Waals surface area contributed by atoms with Gasteiger partial charge in [0.1, 0.15) is 0 Å². The first-order chi connectivity index (χ1) is 14.4. The zero-order valence-corrected chi connectivity index (χ0v) is 17.4. The molecule has 7 nitrogen and oxygen atoms in total. The summed E-state index contributed by atoms with van der Waals surface area (Å²) in [5.74, 6) is -0.270. The Balaban J connectivity index is 1.46. The maximum Gasteiger partial charge on any atom is 0.253 e. The van der Waals surface area contributed by atoms with Gasteiger partial charge in [-0.3, -0.25) is 14.4 Å². The van der Waals surface area contributed by atoms with Crippen molar-refractivity contribution in [3.63, 3.8) is 0 Å². The molecule has 7 heteroatoms. The minimum absolute atomic E-state index is 0.0387. The number of carbonyl (C=O) groups excluding carboxylic acids is 3. The molecule has 1 fully saturated rings. The van der Waals surface area contributed by atoms with Crippen LogP contribution in [-0.2, 0) is 9.59 Å². The summed E-state index contributed by atoms with van der Waals surface area (Å²) in [6.45, 7) is 5.40. The number of benzene rings is 2. The van der Waals surface area contributed by atoms with E-state index >= 15 is 0 Å². The highest BCUT2D eigenvalue weighted by molar-refractivity contribution is 5.97. The molecule has 0 saturated carbocycles. The van der Waals surface area contributed by atoms with Gasteiger partial charge in [-0.05, 0) is 61.4 Å². The molecule has 1 saturated heterocycles. The van der Waals surface area contributed by atoms with Gasteiger partial charge in [0.25, 0.3) is 5.91 Å². The van der Waals surface area contributed by atoms with Crippen molar-refractivity contribution < 1.29 is 14.4 Å². The lowest BCUT2D eigenvalue weighted by atomic mass is 10.2. The zero-order chi connectivity index (χ0) is 21.5. The van der Waals surface area contributed by atoms with Crippen LogP contribution in [0.4, 0.5) is 17.1 Å². The summed E-state index contributed by atoms with van der Waals surface area (Å²) in [6.07, 6.45) is 2.12. The van der Waals surface area contributed by atoms with Gasteiger partial charge in [0.15, 0.2) is 0 Å². The van der Waals surface area contributed by atoms with E-state index in [2.05, 4.69) is 16.0 Å². The Morgan fingerprint density at radius 2 is 1.37 bits per heavy atom. The Kier molecular flexibility index (Phi) is 7.06. The minimum Gasteiger partial charge on any atom is -0.376 e. The maximum absolute atomic E-state index is 12.4. The molecule has 158 valence electrons. The molecule has 3 amide bonds. The first kappa shape index (κ1) is 21.4. The van der Waals surface area contributed by atoms with Crippen LogP contribution >= 0.6 is 0 Å². The third-order valence-electron chi connectivity index (χ3n) is 4.94. The van der Waals surface area contributed by atoms with Crippen molar-refractivity contribution in [2.24, 2.45) is 5.92 Å². The number of carbonyl (C=O) groups is 3. The standard InChI is InChI=1S/C23H28N4O3/c1-16(2)22(29)26-20-11-9-18(10-12-20)24-15-21(28)25-19-7-5-17(6-8-19)23(30)27-13-3-4-14-27/h5-12,16,24H,3-4,13-15H2,1-2H3,(H,25,28)(H,26,29). The van der Waals surface area contributed by atoms with Gasteiger partial charge in [0.2, 0.25) is 11.8 Å². The normalized spacial score (nSPS) is 13.2. The van der Waals surface area contributed by atoms with Crippen LogP contribution in [0.15, 0.2) is 48.5 Å². The van der Waals surface area contributed by atoms with Crippen molar-refractivity contribution in [2.45, 2.75) is 26.7 Å². The average molecular weight is 409 g/mol. The van der Waals surface area contributed by atoms with Gasteiger partial charge in [0.05, 0.1) is 6.54 Å². The molecule has 30 heavy (non-hydrogen) atoms. The first-order valence-corrected chi connectivity index (χ1v) is 10.3. The molecule has 2 aromatic carbocycles. The molecular formula is C23H28N4O3. The van der Waals surface area contributed by atoms with E-state index in [-0.39, 0.29) is 30.2 Å². The third kappa shape index (κ3) is 5.83. The lowest BCUT2D eigenvalue weighted by molar-refractivity contribution is -0.119. The summed E-state index contributed by atoms with van der Waals surface area (Å²) in [4.78, 5) is 38.1. The second kappa shape index (κ2) is 9.91. The predicted molar refractivity (Wildman–Crippen MR) is 119 cm³/mol. The molecule has 0 aliphatic carbocycles. The van der Waals surface area contributed by atoms with E-state index in [1.807, 2.05) is 30.9 Å². The van der Waals surface area contributed by atoms with Crippen molar-refractivity contribution in [1.29, 1.82) is 0 Å². The lowest BCUT2D eigenvalue weighted by Crippen LogP contribution is -2.27. The molecule has 1 aliphatic heterocycles. The molecule has 0 aromatic heterocycles. The van der Waals surface area contributed by atoms with Crippen LogP contribution in [0.25, 0.3) is 0 Å². The molecule has 3 rings (SSSR count). The summed E-state index contributed by atoms with van der Waals surface area (Å²) < 4.78 is 0. The van der Waals surface area contributed by atoms with Gasteiger partial charge < -0.3 is 20.9 Å². The zero-order valence-electron chi connectivity index (χ0n) is 17.4. The number of hydrogen-bond donors (Lipinski definition) is 3. The van der Waals surface area contributed by atoms with E-state index in [4.69, 9.17) is 0 Å². The van der Waals surface area contributed by atoms with E-state index in [0.717, 1.165) is 31.6 Å². The highest BCUT2D eigenvalue weighted by atomic mass is 16.2. The quantitative estimate of drug-likeness (QED) is 0.653. The Hall–Kier alpha value is -3.35. The molecule has 0 spiro atoms. The summed E-state index contributed by atoms with van der Waals surface area (Å²) in [5, 5.41) is 8.69. The van der Waals surface area contributed by atoms with Gasteiger partial charge in [0, 0.05) is 41.6 Å². The van der Waals surface area contributed by atoms with E-state index in [0.29, 0.717) is 16.9 Å². The predicted octanol–water partition coefficient (Wildman–Crippen LogP) is 3.57. The number of likely N-dealkylation sites (tertiary alicyclic amines) is 1. The fourth-order valence-electron chi connectivity index (χ4n) is 3.14. The number of nitrogens with one attached hydrogen (secondary N) is 3. The van der Waals surface area contributed by atoms with Crippen LogP contribution in [0, 0.1) is 5.92 Å². The van der Waals surface area contributed by atoms with Crippen LogP contribution in [0.3, 0.4) is 0 Å². The van der Waals surface area contributed by atoms with E-state index in [9.17, 15) is 14.4 Å². The molecule has 3 N–H and O–H groups in total. The Bertz CT molecular complexity index is 886. The monoisotopic (exact) mass is 408 g/mol. The second-order valence-corrected chi connectivity index (χ2v) is 7.70. The number of hydrogen-bond acceptors (Lipinski definition) is 4. The largest absolute Gasteiger partial charge is 0.376 e. The van der Waals surface area contributed by atoms with Gasteiger partial charge in [-0.25, -0.2) is 0 Å². The molecule has 0 radical (unpaired) electrons. The van der Waals surface area contributed by atoms with Crippen molar-refractivity contribution in [2.75, 3.05) is 35.6 Å². The summed E-state index contributed by atoms with van der Waals surface area (Å²) >= 11 is 0. The van der Waals surface area contributed by atoms with Crippen LogP contribution in [-0.4, -0.2) is 42.3 Å². The van der Waals surface area contributed by atoms with Gasteiger partial charge >= 0.3 is 0 Å². The molecule has 1 aliphatic rings. The number of amides is 3. The number of anilines is 3. The molecule has 0 atom stereocenters. The lowest BCUT2D eigenvalue weighted by Gasteiger charge is -2.15. The van der Waals surface area contributed by atoms with Crippen molar-refractivity contribution in [3.05, 3.63) is 54.1 Å². The fourth-order valence-corrected chi connectivity index (χ4v) is 3.14. The highest BCUT2D eigenvalue weighted by Crippen LogP contribution is 2.16. The topological polar surface area (TPSA) is 90.5 Å². The SMILES string of the molecule is CC(C)C(=O)Nc1ccc(NCC(=O)Nc2ccc(C(=O)N3CCCC3)cc2)cc1. The number of nitrogens with zero attached hydrogens (tertiary/aromatic N) is 1. The summed E-state index contributed by atoms with van der Waals surface area (Å²) in [7, 11) is 0. The third-order valence-corrected chi connectivity index (χ3v) is 4.94. The summed E-state index contributed by atoms with van der Waals surface area (Å²) in [6, 6.07) is 14.2. The van der Waals surface area contributed by atoms with E-state index in [1.165, 1.54) is 0 Å².